The fraction of sp³-hybridized carbons (Fsp3) is 0.650. The van der Waals surface area contributed by atoms with E-state index in [-0.39, 0.29) is 6.10 Å². The van der Waals surface area contributed by atoms with Crippen LogP contribution in [0.2, 0.25) is 0 Å². The molecule has 3 rings (SSSR count). The van der Waals surface area contributed by atoms with Gasteiger partial charge in [-0.05, 0) is 49.9 Å². The van der Waals surface area contributed by atoms with Crippen molar-refractivity contribution in [1.82, 2.24) is 10.2 Å². The van der Waals surface area contributed by atoms with E-state index < -0.39 is 0 Å². The molecule has 5 nitrogen and oxygen atoms in total. The second kappa shape index (κ2) is 9.78. The molecule has 2 saturated heterocycles. The molecule has 1 aromatic carbocycles. The summed E-state index contributed by atoms with van der Waals surface area (Å²) in [4.78, 5) is 7.05. The van der Waals surface area contributed by atoms with Crippen LogP contribution < -0.4 is 11.1 Å². The van der Waals surface area contributed by atoms with Crippen LogP contribution in [0.4, 0.5) is 0 Å². The number of nitrogens with zero attached hydrogens (tertiary/aromatic N) is 2. The number of guanidine groups is 1. The number of benzene rings is 1. The largest absolute Gasteiger partial charge is 0.376 e. The summed E-state index contributed by atoms with van der Waals surface area (Å²) in [6, 6.07) is 8.75. The average Bonchev–Trinajstić information content (AvgIpc) is 3.02. The lowest BCUT2D eigenvalue weighted by Gasteiger charge is -2.20. The molecule has 5 heteroatoms. The van der Waals surface area contributed by atoms with Crippen LogP contribution in [0, 0.1) is 0 Å². The van der Waals surface area contributed by atoms with E-state index in [9.17, 15) is 0 Å². The molecule has 1 unspecified atom stereocenters. The number of nitrogens with one attached hydrogen (secondary N) is 1. The molecule has 0 spiro atoms. The zero-order valence-corrected chi connectivity index (χ0v) is 15.3. The van der Waals surface area contributed by atoms with Crippen molar-refractivity contribution >= 4 is 5.96 Å². The normalized spacial score (nSPS) is 22.7. The van der Waals surface area contributed by atoms with Gasteiger partial charge in [0, 0.05) is 19.7 Å². The van der Waals surface area contributed by atoms with Gasteiger partial charge in [0.05, 0.1) is 12.6 Å². The Bertz CT molecular complexity index is 546. The van der Waals surface area contributed by atoms with Gasteiger partial charge in [0.15, 0.2) is 5.96 Å². The van der Waals surface area contributed by atoms with E-state index >= 15 is 0 Å². The zero-order chi connectivity index (χ0) is 17.3. The second-order valence-corrected chi connectivity index (χ2v) is 7.23. The SMILES string of the molecule is NC(=NCc1cccc(CN2CCCCCC2)c1)NCC1CCCO1. The summed E-state index contributed by atoms with van der Waals surface area (Å²) < 4.78 is 5.59. The predicted octanol–water partition coefficient (Wildman–Crippen LogP) is 2.65. The molecule has 2 fully saturated rings. The molecule has 2 heterocycles. The Morgan fingerprint density at radius 3 is 2.72 bits per heavy atom. The van der Waals surface area contributed by atoms with E-state index in [0.717, 1.165) is 32.5 Å². The van der Waals surface area contributed by atoms with E-state index in [1.165, 1.54) is 49.9 Å². The highest BCUT2D eigenvalue weighted by Gasteiger charge is 2.15. The molecule has 2 aliphatic heterocycles. The van der Waals surface area contributed by atoms with E-state index in [1.807, 2.05) is 0 Å². The second-order valence-electron chi connectivity index (χ2n) is 7.23. The first-order valence-electron chi connectivity index (χ1n) is 9.75. The number of hydrogen-bond acceptors (Lipinski definition) is 3. The maximum absolute atomic E-state index is 5.98. The summed E-state index contributed by atoms with van der Waals surface area (Å²) >= 11 is 0. The topological polar surface area (TPSA) is 62.9 Å². The number of likely N-dealkylation sites (tertiary alicyclic amines) is 1. The number of aliphatic imine (C=N–C) groups is 1. The molecule has 1 aromatic rings. The highest BCUT2D eigenvalue weighted by atomic mass is 16.5. The number of nitrogens with two attached hydrogens (primary N) is 1. The molecule has 1 atom stereocenters. The van der Waals surface area contributed by atoms with Crippen LogP contribution in [-0.2, 0) is 17.8 Å². The van der Waals surface area contributed by atoms with Crippen molar-refractivity contribution in [2.75, 3.05) is 26.2 Å². The third kappa shape index (κ3) is 6.33. The molecule has 0 aromatic heterocycles. The van der Waals surface area contributed by atoms with Crippen LogP contribution >= 0.6 is 0 Å². The minimum atomic E-state index is 0.283. The van der Waals surface area contributed by atoms with Crippen molar-refractivity contribution in [3.8, 4) is 0 Å². The van der Waals surface area contributed by atoms with Crippen LogP contribution in [0.25, 0.3) is 0 Å². The molecule has 2 aliphatic rings. The quantitative estimate of drug-likeness (QED) is 0.615. The van der Waals surface area contributed by atoms with Gasteiger partial charge in [0.2, 0.25) is 0 Å². The average molecular weight is 345 g/mol. The Morgan fingerprint density at radius 2 is 1.96 bits per heavy atom. The predicted molar refractivity (Wildman–Crippen MR) is 102 cm³/mol. The Balaban J connectivity index is 1.47. The van der Waals surface area contributed by atoms with Crippen LogP contribution in [0.1, 0.15) is 49.7 Å². The highest BCUT2D eigenvalue weighted by Crippen LogP contribution is 2.15. The standard InChI is InChI=1S/C20H32N4O/c21-20(23-15-19-9-6-12-25-19)22-14-17-7-5-8-18(13-17)16-24-10-3-1-2-4-11-24/h5,7-8,13,19H,1-4,6,9-12,14-16H2,(H3,21,22,23). The van der Waals surface area contributed by atoms with Gasteiger partial charge < -0.3 is 15.8 Å². The Kier molecular flexibility index (Phi) is 7.12. The maximum atomic E-state index is 5.98. The van der Waals surface area contributed by atoms with Gasteiger partial charge in [0.1, 0.15) is 0 Å². The van der Waals surface area contributed by atoms with Gasteiger partial charge >= 0.3 is 0 Å². The molecular formula is C20H32N4O. The Morgan fingerprint density at radius 1 is 1.16 bits per heavy atom. The maximum Gasteiger partial charge on any atom is 0.189 e. The lowest BCUT2D eigenvalue weighted by atomic mass is 10.1. The number of rotatable bonds is 6. The van der Waals surface area contributed by atoms with Crippen molar-refractivity contribution in [3.05, 3.63) is 35.4 Å². The summed E-state index contributed by atoms with van der Waals surface area (Å²) in [5.74, 6) is 0.508. The van der Waals surface area contributed by atoms with E-state index in [0.29, 0.717) is 12.5 Å². The first kappa shape index (κ1) is 18.2. The fourth-order valence-corrected chi connectivity index (χ4v) is 3.63. The van der Waals surface area contributed by atoms with Crippen molar-refractivity contribution in [2.24, 2.45) is 10.7 Å². The molecule has 0 saturated carbocycles. The van der Waals surface area contributed by atoms with Crippen molar-refractivity contribution in [1.29, 1.82) is 0 Å². The zero-order valence-electron chi connectivity index (χ0n) is 15.3. The van der Waals surface area contributed by atoms with Crippen molar-refractivity contribution in [2.45, 2.75) is 57.7 Å². The monoisotopic (exact) mass is 344 g/mol. The first-order valence-corrected chi connectivity index (χ1v) is 9.75. The van der Waals surface area contributed by atoms with Gasteiger partial charge in [-0.3, -0.25) is 4.90 Å². The van der Waals surface area contributed by atoms with Gasteiger partial charge in [-0.1, -0.05) is 37.1 Å². The van der Waals surface area contributed by atoms with Crippen LogP contribution in [0.15, 0.2) is 29.3 Å². The number of ether oxygens (including phenoxy) is 1. The third-order valence-corrected chi connectivity index (χ3v) is 5.06. The summed E-state index contributed by atoms with van der Waals surface area (Å²) in [5, 5.41) is 3.18. The lowest BCUT2D eigenvalue weighted by Crippen LogP contribution is -2.37. The third-order valence-electron chi connectivity index (χ3n) is 5.06. The van der Waals surface area contributed by atoms with E-state index in [2.05, 4.69) is 39.5 Å². The van der Waals surface area contributed by atoms with Crippen LogP contribution in [0.5, 0.6) is 0 Å². The minimum Gasteiger partial charge on any atom is -0.376 e. The molecule has 0 amide bonds. The van der Waals surface area contributed by atoms with Crippen LogP contribution in [0.3, 0.4) is 0 Å². The van der Waals surface area contributed by atoms with Gasteiger partial charge in [0.25, 0.3) is 0 Å². The molecule has 0 radical (unpaired) electrons. The van der Waals surface area contributed by atoms with E-state index in [4.69, 9.17) is 10.5 Å². The Hall–Kier alpha value is -1.59. The first-order chi connectivity index (χ1) is 12.3. The fourth-order valence-electron chi connectivity index (χ4n) is 3.63. The van der Waals surface area contributed by atoms with Crippen LogP contribution in [-0.4, -0.2) is 43.2 Å². The molecule has 3 N–H and O–H groups in total. The smallest absolute Gasteiger partial charge is 0.189 e. The molecule has 0 bridgehead atoms. The molecule has 25 heavy (non-hydrogen) atoms. The summed E-state index contributed by atoms with van der Waals surface area (Å²) in [6.45, 7) is 5.74. The Labute approximate surface area is 151 Å². The van der Waals surface area contributed by atoms with Gasteiger partial charge in [-0.25, -0.2) is 4.99 Å². The minimum absolute atomic E-state index is 0.283. The van der Waals surface area contributed by atoms with E-state index in [1.54, 1.807) is 0 Å². The van der Waals surface area contributed by atoms with Gasteiger partial charge in [-0.15, -0.1) is 0 Å². The van der Waals surface area contributed by atoms with Crippen molar-refractivity contribution < 1.29 is 4.74 Å². The molecule has 138 valence electrons. The van der Waals surface area contributed by atoms with Crippen molar-refractivity contribution in [3.63, 3.8) is 0 Å². The summed E-state index contributed by atoms with van der Waals surface area (Å²) in [6.07, 6.45) is 7.96. The summed E-state index contributed by atoms with van der Waals surface area (Å²) in [5.41, 5.74) is 8.57. The number of hydrogen-bond donors (Lipinski definition) is 2. The van der Waals surface area contributed by atoms with Gasteiger partial charge in [-0.2, -0.15) is 0 Å². The molecule has 0 aliphatic carbocycles. The lowest BCUT2D eigenvalue weighted by molar-refractivity contribution is 0.114. The molecular weight excluding hydrogens is 312 g/mol. The highest BCUT2D eigenvalue weighted by molar-refractivity contribution is 5.77. The summed E-state index contributed by atoms with van der Waals surface area (Å²) in [7, 11) is 0.